The Morgan fingerprint density at radius 1 is 0.900 bits per heavy atom. The van der Waals surface area contributed by atoms with E-state index in [9.17, 15) is 22.8 Å². The normalized spacial score (nSPS) is 17.3. The highest BCUT2D eigenvalue weighted by molar-refractivity contribution is 7.89. The largest absolute Gasteiger partial charge is 0.335 e. The van der Waals surface area contributed by atoms with E-state index in [1.165, 1.54) is 17.0 Å². The van der Waals surface area contributed by atoms with Gasteiger partial charge in [0, 0.05) is 51.4 Å². The number of aryl methyl sites for hydroxylation is 1. The first-order valence-electron chi connectivity index (χ1n) is 10.2. The molecule has 0 bridgehead atoms. The number of likely N-dealkylation sites (tertiary alicyclic amines) is 1. The highest BCUT2D eigenvalue weighted by atomic mass is 32.2. The van der Waals surface area contributed by atoms with Gasteiger partial charge in [-0.2, -0.15) is 0 Å². The highest BCUT2D eigenvalue weighted by Gasteiger charge is 2.32. The van der Waals surface area contributed by atoms with Crippen LogP contribution in [0.3, 0.4) is 0 Å². The van der Waals surface area contributed by atoms with Crippen molar-refractivity contribution < 1.29 is 22.8 Å². The molecule has 30 heavy (non-hydrogen) atoms. The van der Waals surface area contributed by atoms with Crippen LogP contribution in [0.1, 0.15) is 35.7 Å². The SMILES string of the molecule is CCNS(=O)(=O)c1ccc(C)c(C(=O)N2CCN(C(=O)C(=O)N3CCCC3)CC2)c1. The smallest absolute Gasteiger partial charge is 0.312 e. The number of piperazine rings is 1. The first kappa shape index (κ1) is 22.2. The van der Waals surface area contributed by atoms with Crippen molar-refractivity contribution in [2.24, 2.45) is 0 Å². The van der Waals surface area contributed by atoms with Gasteiger partial charge in [-0.3, -0.25) is 14.4 Å². The van der Waals surface area contributed by atoms with E-state index in [4.69, 9.17) is 0 Å². The van der Waals surface area contributed by atoms with Gasteiger partial charge in [0.05, 0.1) is 4.90 Å². The Kier molecular flexibility index (Phi) is 6.77. The lowest BCUT2D eigenvalue weighted by Crippen LogP contribution is -2.54. The Morgan fingerprint density at radius 3 is 2.00 bits per heavy atom. The van der Waals surface area contributed by atoms with Gasteiger partial charge in [-0.15, -0.1) is 0 Å². The second-order valence-corrected chi connectivity index (χ2v) is 9.33. The molecule has 1 aromatic carbocycles. The van der Waals surface area contributed by atoms with Crippen LogP contribution in [0, 0.1) is 6.92 Å². The molecule has 0 spiro atoms. The summed E-state index contributed by atoms with van der Waals surface area (Å²) in [7, 11) is -3.67. The van der Waals surface area contributed by atoms with Gasteiger partial charge in [0.2, 0.25) is 10.0 Å². The fourth-order valence-electron chi connectivity index (χ4n) is 3.75. The van der Waals surface area contributed by atoms with Crippen molar-refractivity contribution in [1.82, 2.24) is 19.4 Å². The summed E-state index contributed by atoms with van der Waals surface area (Å²) in [6.45, 7) is 6.08. The molecule has 0 aliphatic carbocycles. The molecule has 1 N–H and O–H groups in total. The molecule has 164 valence electrons. The molecule has 10 heteroatoms. The number of nitrogens with one attached hydrogen (secondary N) is 1. The molecule has 0 unspecified atom stereocenters. The van der Waals surface area contributed by atoms with Crippen LogP contribution in [0.15, 0.2) is 23.1 Å². The summed E-state index contributed by atoms with van der Waals surface area (Å²) in [4.78, 5) is 42.5. The fraction of sp³-hybridized carbons (Fsp3) is 0.550. The molecule has 0 radical (unpaired) electrons. The molecule has 1 aromatic rings. The molecular formula is C20H28N4O5S. The zero-order valence-electron chi connectivity index (χ0n) is 17.4. The zero-order valence-corrected chi connectivity index (χ0v) is 18.2. The maximum atomic E-state index is 13.0. The molecule has 2 heterocycles. The van der Waals surface area contributed by atoms with E-state index < -0.39 is 21.8 Å². The fourth-order valence-corrected chi connectivity index (χ4v) is 4.81. The van der Waals surface area contributed by atoms with Crippen LogP contribution in [-0.4, -0.2) is 86.7 Å². The third-order valence-corrected chi connectivity index (χ3v) is 7.06. The van der Waals surface area contributed by atoms with Crippen molar-refractivity contribution >= 4 is 27.7 Å². The lowest BCUT2D eigenvalue weighted by molar-refractivity contribution is -0.152. The number of hydrogen-bond acceptors (Lipinski definition) is 5. The summed E-state index contributed by atoms with van der Waals surface area (Å²) in [5.74, 6) is -1.26. The number of sulfonamides is 1. The number of benzene rings is 1. The lowest BCUT2D eigenvalue weighted by Gasteiger charge is -2.35. The van der Waals surface area contributed by atoms with Crippen LogP contribution in [0.4, 0.5) is 0 Å². The summed E-state index contributed by atoms with van der Waals surface area (Å²) in [5, 5.41) is 0. The van der Waals surface area contributed by atoms with Crippen LogP contribution in [0.25, 0.3) is 0 Å². The maximum Gasteiger partial charge on any atom is 0.312 e. The molecule has 3 amide bonds. The monoisotopic (exact) mass is 436 g/mol. The Balaban J connectivity index is 1.66. The molecule has 2 aliphatic rings. The molecule has 9 nitrogen and oxygen atoms in total. The maximum absolute atomic E-state index is 13.0. The number of carbonyl (C=O) groups is 3. The zero-order chi connectivity index (χ0) is 21.9. The average molecular weight is 437 g/mol. The topological polar surface area (TPSA) is 107 Å². The second-order valence-electron chi connectivity index (χ2n) is 7.56. The minimum absolute atomic E-state index is 0.0447. The summed E-state index contributed by atoms with van der Waals surface area (Å²) in [5.41, 5.74) is 1.00. The molecule has 2 aliphatic heterocycles. The number of hydrogen-bond donors (Lipinski definition) is 1. The molecule has 2 fully saturated rings. The van der Waals surface area contributed by atoms with Gasteiger partial charge in [0.25, 0.3) is 5.91 Å². The van der Waals surface area contributed by atoms with Crippen molar-refractivity contribution in [1.29, 1.82) is 0 Å². The van der Waals surface area contributed by atoms with Gasteiger partial charge < -0.3 is 14.7 Å². The van der Waals surface area contributed by atoms with E-state index in [-0.39, 0.29) is 30.4 Å². The highest BCUT2D eigenvalue weighted by Crippen LogP contribution is 2.19. The molecule has 0 saturated carbocycles. The summed E-state index contributed by atoms with van der Waals surface area (Å²) < 4.78 is 27.0. The minimum atomic E-state index is -3.67. The average Bonchev–Trinajstić information content (AvgIpc) is 3.27. The Labute approximate surface area is 177 Å². The van der Waals surface area contributed by atoms with E-state index in [0.29, 0.717) is 37.3 Å². The quantitative estimate of drug-likeness (QED) is 0.679. The van der Waals surface area contributed by atoms with Crippen molar-refractivity contribution in [3.05, 3.63) is 29.3 Å². The lowest BCUT2D eigenvalue weighted by atomic mass is 10.1. The number of nitrogens with zero attached hydrogens (tertiary/aromatic N) is 3. The Morgan fingerprint density at radius 2 is 1.43 bits per heavy atom. The van der Waals surface area contributed by atoms with E-state index in [2.05, 4.69) is 4.72 Å². The Hall–Kier alpha value is -2.46. The number of rotatable bonds is 4. The molecule has 0 aromatic heterocycles. The third-order valence-electron chi connectivity index (χ3n) is 5.51. The molecule has 3 rings (SSSR count). The summed E-state index contributed by atoms with van der Waals surface area (Å²) in [6.07, 6.45) is 1.84. The van der Waals surface area contributed by atoms with Gasteiger partial charge >= 0.3 is 11.8 Å². The van der Waals surface area contributed by atoms with E-state index in [1.54, 1.807) is 29.7 Å². The minimum Gasteiger partial charge on any atom is -0.335 e. The summed E-state index contributed by atoms with van der Waals surface area (Å²) in [6, 6.07) is 4.49. The van der Waals surface area contributed by atoms with E-state index in [0.717, 1.165) is 12.8 Å². The second kappa shape index (κ2) is 9.13. The Bertz CT molecular complexity index is 933. The predicted octanol–water partition coefficient (Wildman–Crippen LogP) is 0.200. The van der Waals surface area contributed by atoms with Crippen molar-refractivity contribution in [2.45, 2.75) is 31.6 Å². The van der Waals surface area contributed by atoms with Crippen LogP contribution >= 0.6 is 0 Å². The van der Waals surface area contributed by atoms with E-state index >= 15 is 0 Å². The van der Waals surface area contributed by atoms with Crippen LogP contribution < -0.4 is 4.72 Å². The van der Waals surface area contributed by atoms with Crippen molar-refractivity contribution in [3.8, 4) is 0 Å². The van der Waals surface area contributed by atoms with Gasteiger partial charge in [-0.25, -0.2) is 13.1 Å². The van der Waals surface area contributed by atoms with Crippen LogP contribution in [0.5, 0.6) is 0 Å². The van der Waals surface area contributed by atoms with Gasteiger partial charge in [0.1, 0.15) is 0 Å². The van der Waals surface area contributed by atoms with Gasteiger partial charge in [-0.05, 0) is 37.5 Å². The van der Waals surface area contributed by atoms with Gasteiger partial charge in [-0.1, -0.05) is 13.0 Å². The van der Waals surface area contributed by atoms with Crippen molar-refractivity contribution in [2.75, 3.05) is 45.8 Å². The number of carbonyl (C=O) groups excluding carboxylic acids is 3. The van der Waals surface area contributed by atoms with Crippen LogP contribution in [-0.2, 0) is 19.6 Å². The molecule has 2 saturated heterocycles. The first-order chi connectivity index (χ1) is 14.2. The third kappa shape index (κ3) is 4.65. The standard InChI is InChI=1S/C20H28N4O5S/c1-3-21-30(28,29)16-7-6-15(2)17(14-16)18(25)23-10-12-24(13-11-23)20(27)19(26)22-8-4-5-9-22/h6-7,14,21H,3-5,8-13H2,1-2H3. The first-order valence-corrected chi connectivity index (χ1v) is 11.7. The van der Waals surface area contributed by atoms with Gasteiger partial charge in [0.15, 0.2) is 0 Å². The number of amides is 3. The summed E-state index contributed by atoms with van der Waals surface area (Å²) >= 11 is 0. The van der Waals surface area contributed by atoms with Crippen LogP contribution in [0.2, 0.25) is 0 Å². The van der Waals surface area contributed by atoms with Crippen molar-refractivity contribution in [3.63, 3.8) is 0 Å². The molecule has 0 atom stereocenters. The predicted molar refractivity (Wildman–Crippen MR) is 110 cm³/mol. The van der Waals surface area contributed by atoms with E-state index in [1.807, 2.05) is 0 Å². The molecular weight excluding hydrogens is 408 g/mol.